The van der Waals surface area contributed by atoms with E-state index in [9.17, 15) is 4.79 Å². The molecule has 116 valence electrons. The summed E-state index contributed by atoms with van der Waals surface area (Å²) in [5.74, 6) is 0.720. The molecule has 1 saturated heterocycles. The number of rotatable bonds is 6. The van der Waals surface area contributed by atoms with Crippen molar-refractivity contribution >= 4 is 23.4 Å². The lowest BCUT2D eigenvalue weighted by molar-refractivity contribution is -0.117. The van der Waals surface area contributed by atoms with E-state index in [1.54, 1.807) is 11.8 Å². The first-order valence-corrected chi connectivity index (χ1v) is 8.73. The van der Waals surface area contributed by atoms with E-state index < -0.39 is 0 Å². The van der Waals surface area contributed by atoms with Crippen LogP contribution in [0.2, 0.25) is 0 Å². The molecule has 21 heavy (non-hydrogen) atoms. The van der Waals surface area contributed by atoms with Gasteiger partial charge in [0.15, 0.2) is 0 Å². The third-order valence-electron chi connectivity index (χ3n) is 3.76. The van der Waals surface area contributed by atoms with Gasteiger partial charge in [0.05, 0.1) is 12.2 Å². The molecule has 1 fully saturated rings. The van der Waals surface area contributed by atoms with Gasteiger partial charge >= 0.3 is 0 Å². The summed E-state index contributed by atoms with van der Waals surface area (Å²) < 4.78 is 0. The highest BCUT2D eigenvalue weighted by molar-refractivity contribution is 7.98. The minimum Gasteiger partial charge on any atom is -0.324 e. The molecular weight excluding hydrogens is 282 g/mol. The van der Waals surface area contributed by atoms with Gasteiger partial charge in [0.2, 0.25) is 5.91 Å². The van der Waals surface area contributed by atoms with Crippen molar-refractivity contribution in [3.05, 3.63) is 24.3 Å². The van der Waals surface area contributed by atoms with Crippen LogP contribution in [0.4, 0.5) is 5.69 Å². The highest BCUT2D eigenvalue weighted by atomic mass is 32.2. The second-order valence-corrected chi connectivity index (χ2v) is 6.51. The molecule has 2 N–H and O–H groups in total. The molecule has 5 heteroatoms. The largest absolute Gasteiger partial charge is 0.324 e. The number of amides is 1. The number of para-hydroxylation sites is 1. The van der Waals surface area contributed by atoms with Crippen LogP contribution >= 0.6 is 11.8 Å². The monoisotopic (exact) mass is 307 g/mol. The molecular formula is C16H25N3OS. The molecule has 1 aromatic rings. The van der Waals surface area contributed by atoms with Crippen LogP contribution in [0.25, 0.3) is 0 Å². The van der Waals surface area contributed by atoms with Gasteiger partial charge in [-0.05, 0) is 57.3 Å². The number of carbonyl (C=O) groups is 1. The fraction of sp³-hybridized carbons (Fsp3) is 0.562. The van der Waals surface area contributed by atoms with E-state index in [1.807, 2.05) is 37.6 Å². The maximum Gasteiger partial charge on any atom is 0.238 e. The van der Waals surface area contributed by atoms with E-state index in [1.165, 1.54) is 12.8 Å². The fourth-order valence-corrected chi connectivity index (χ4v) is 3.32. The molecule has 0 bridgehead atoms. The molecule has 1 aliphatic rings. The quantitative estimate of drug-likeness (QED) is 0.792. The first-order chi connectivity index (χ1) is 10.2. The first kappa shape index (κ1) is 16.3. The fourth-order valence-electron chi connectivity index (χ4n) is 2.77. The topological polar surface area (TPSA) is 44.4 Å². The van der Waals surface area contributed by atoms with Gasteiger partial charge in [0, 0.05) is 11.4 Å². The molecule has 1 aliphatic heterocycles. The number of piperidine rings is 1. The van der Waals surface area contributed by atoms with Gasteiger partial charge in [0.25, 0.3) is 0 Å². The van der Waals surface area contributed by atoms with Crippen LogP contribution in [0, 0.1) is 5.92 Å². The van der Waals surface area contributed by atoms with E-state index >= 15 is 0 Å². The molecule has 0 saturated carbocycles. The van der Waals surface area contributed by atoms with Crippen molar-refractivity contribution in [2.45, 2.75) is 17.7 Å². The first-order valence-electron chi connectivity index (χ1n) is 7.51. The average molecular weight is 307 g/mol. The van der Waals surface area contributed by atoms with Crippen LogP contribution < -0.4 is 10.6 Å². The SMILES string of the molecule is CSc1ccccc1NC(=O)CN(C)CC1CCCNC1. The second-order valence-electron chi connectivity index (χ2n) is 5.66. The van der Waals surface area contributed by atoms with E-state index in [0.717, 1.165) is 30.2 Å². The Morgan fingerprint density at radius 1 is 1.48 bits per heavy atom. The van der Waals surface area contributed by atoms with E-state index in [4.69, 9.17) is 0 Å². The van der Waals surface area contributed by atoms with Crippen LogP contribution in [0.5, 0.6) is 0 Å². The molecule has 0 radical (unpaired) electrons. The van der Waals surface area contributed by atoms with Gasteiger partial charge in [-0.15, -0.1) is 11.8 Å². The van der Waals surface area contributed by atoms with Crippen molar-refractivity contribution in [2.75, 3.05) is 44.8 Å². The van der Waals surface area contributed by atoms with Crippen LogP contribution in [0.3, 0.4) is 0 Å². The molecule has 1 unspecified atom stereocenters. The number of carbonyl (C=O) groups excluding carboxylic acids is 1. The van der Waals surface area contributed by atoms with Crippen LogP contribution in [0.15, 0.2) is 29.2 Å². The minimum atomic E-state index is 0.0581. The van der Waals surface area contributed by atoms with Crippen molar-refractivity contribution in [2.24, 2.45) is 5.92 Å². The molecule has 0 spiro atoms. The summed E-state index contributed by atoms with van der Waals surface area (Å²) >= 11 is 1.65. The van der Waals surface area contributed by atoms with Crippen LogP contribution in [-0.2, 0) is 4.79 Å². The Kier molecular flexibility index (Phi) is 6.54. The summed E-state index contributed by atoms with van der Waals surface area (Å²) in [5.41, 5.74) is 0.905. The minimum absolute atomic E-state index is 0.0581. The van der Waals surface area contributed by atoms with Crippen molar-refractivity contribution in [3.63, 3.8) is 0 Å². The molecule has 1 aromatic carbocycles. The number of nitrogens with one attached hydrogen (secondary N) is 2. The lowest BCUT2D eigenvalue weighted by Gasteiger charge is -2.27. The summed E-state index contributed by atoms with van der Waals surface area (Å²) in [6.07, 6.45) is 4.52. The van der Waals surface area contributed by atoms with Crippen molar-refractivity contribution < 1.29 is 4.79 Å². The highest BCUT2D eigenvalue weighted by Crippen LogP contribution is 2.24. The summed E-state index contributed by atoms with van der Waals surface area (Å²) in [4.78, 5) is 15.4. The van der Waals surface area contributed by atoms with Gasteiger partial charge in [0.1, 0.15) is 0 Å². The van der Waals surface area contributed by atoms with Crippen molar-refractivity contribution in [1.29, 1.82) is 0 Å². The lowest BCUT2D eigenvalue weighted by atomic mass is 9.99. The van der Waals surface area contributed by atoms with Crippen LogP contribution in [-0.4, -0.2) is 50.3 Å². The molecule has 1 atom stereocenters. The van der Waals surface area contributed by atoms with Crippen molar-refractivity contribution in [1.82, 2.24) is 10.2 Å². The Morgan fingerprint density at radius 3 is 3.00 bits per heavy atom. The van der Waals surface area contributed by atoms with Crippen LogP contribution in [0.1, 0.15) is 12.8 Å². The molecule has 0 aliphatic carbocycles. The predicted molar refractivity (Wildman–Crippen MR) is 89.9 cm³/mol. The van der Waals surface area contributed by atoms with Gasteiger partial charge in [-0.2, -0.15) is 0 Å². The number of hydrogen-bond acceptors (Lipinski definition) is 4. The summed E-state index contributed by atoms with van der Waals surface area (Å²) in [6, 6.07) is 7.92. The van der Waals surface area contributed by atoms with Gasteiger partial charge in [-0.3, -0.25) is 9.69 Å². The maximum absolute atomic E-state index is 12.2. The molecule has 4 nitrogen and oxygen atoms in total. The normalized spacial score (nSPS) is 18.7. The van der Waals surface area contributed by atoms with Gasteiger partial charge < -0.3 is 10.6 Å². The third kappa shape index (κ3) is 5.34. The number of hydrogen-bond donors (Lipinski definition) is 2. The zero-order valence-corrected chi connectivity index (χ0v) is 13.7. The molecule has 1 heterocycles. The molecule has 2 rings (SSSR count). The number of thioether (sulfide) groups is 1. The van der Waals surface area contributed by atoms with E-state index in [-0.39, 0.29) is 5.91 Å². The Balaban J connectivity index is 1.80. The average Bonchev–Trinajstić information content (AvgIpc) is 2.48. The standard InChI is InChI=1S/C16H25N3OS/c1-19(11-13-6-5-9-17-10-13)12-16(20)18-14-7-3-4-8-15(14)21-2/h3-4,7-8,13,17H,5-6,9-12H2,1-2H3,(H,18,20). The van der Waals surface area contributed by atoms with Gasteiger partial charge in [-0.1, -0.05) is 12.1 Å². The summed E-state index contributed by atoms with van der Waals surface area (Å²) in [5, 5.41) is 6.43. The maximum atomic E-state index is 12.2. The zero-order valence-electron chi connectivity index (χ0n) is 12.9. The number of anilines is 1. The third-order valence-corrected chi connectivity index (χ3v) is 4.56. The molecule has 0 aromatic heterocycles. The van der Waals surface area contributed by atoms with Crippen molar-refractivity contribution in [3.8, 4) is 0 Å². The highest BCUT2D eigenvalue weighted by Gasteiger charge is 2.16. The Labute approximate surface area is 131 Å². The summed E-state index contributed by atoms with van der Waals surface area (Å²) in [7, 11) is 2.02. The number of benzene rings is 1. The zero-order chi connectivity index (χ0) is 15.1. The van der Waals surface area contributed by atoms with E-state index in [2.05, 4.69) is 15.5 Å². The summed E-state index contributed by atoms with van der Waals surface area (Å²) in [6.45, 7) is 3.62. The van der Waals surface area contributed by atoms with Gasteiger partial charge in [-0.25, -0.2) is 0 Å². The Morgan fingerprint density at radius 2 is 2.29 bits per heavy atom. The Bertz CT molecular complexity index is 461. The number of likely N-dealkylation sites (N-methyl/N-ethyl adjacent to an activating group) is 1. The molecule has 1 amide bonds. The van der Waals surface area contributed by atoms with E-state index in [0.29, 0.717) is 12.5 Å². The Hall–Kier alpha value is -1.04. The second kappa shape index (κ2) is 8.41. The number of nitrogens with zero attached hydrogens (tertiary/aromatic N) is 1. The lowest BCUT2D eigenvalue weighted by Crippen LogP contribution is -2.39. The predicted octanol–water partition coefficient (Wildman–Crippen LogP) is 2.28. The smallest absolute Gasteiger partial charge is 0.238 e.